The SMILES string of the molecule is CC(C)(C)[Si](C)(C)Oc1ccc([C@@H]2COC(c3ccccc3)(c3ccccc3)O2)o1. The molecule has 0 N–H and O–H groups in total. The average molecular weight is 423 g/mol. The van der Waals surface area contributed by atoms with Crippen LogP contribution in [-0.2, 0) is 15.3 Å². The predicted octanol–water partition coefficient (Wildman–Crippen LogP) is 6.65. The lowest BCUT2D eigenvalue weighted by molar-refractivity contribution is -0.145. The first-order valence-electron chi connectivity index (χ1n) is 10.4. The first-order valence-corrected chi connectivity index (χ1v) is 13.3. The second-order valence-electron chi connectivity index (χ2n) is 9.29. The van der Waals surface area contributed by atoms with Gasteiger partial charge in [-0.1, -0.05) is 81.4 Å². The molecule has 0 aliphatic carbocycles. The topological polar surface area (TPSA) is 40.8 Å². The van der Waals surface area contributed by atoms with Gasteiger partial charge in [-0.25, -0.2) is 0 Å². The van der Waals surface area contributed by atoms with Crippen LogP contribution in [0.3, 0.4) is 0 Å². The summed E-state index contributed by atoms with van der Waals surface area (Å²) in [6.07, 6.45) is -0.317. The van der Waals surface area contributed by atoms with E-state index < -0.39 is 14.1 Å². The lowest BCUT2D eigenvalue weighted by Gasteiger charge is -2.35. The Bertz CT molecular complexity index is 934. The lowest BCUT2D eigenvalue weighted by atomic mass is 9.97. The maximum absolute atomic E-state index is 6.56. The van der Waals surface area contributed by atoms with Gasteiger partial charge in [0.05, 0.1) is 6.61 Å². The van der Waals surface area contributed by atoms with E-state index >= 15 is 0 Å². The van der Waals surface area contributed by atoms with Crippen LogP contribution in [0.25, 0.3) is 0 Å². The summed E-state index contributed by atoms with van der Waals surface area (Å²) in [4.78, 5) is 0. The highest BCUT2D eigenvalue weighted by atomic mass is 28.4. The minimum absolute atomic E-state index is 0.0999. The Morgan fingerprint density at radius 2 is 1.43 bits per heavy atom. The molecule has 2 aromatic carbocycles. The van der Waals surface area contributed by atoms with Crippen molar-refractivity contribution in [3.8, 4) is 5.95 Å². The van der Waals surface area contributed by atoms with Crippen LogP contribution in [0, 0.1) is 0 Å². The Hall–Kier alpha value is -2.34. The third-order valence-electron chi connectivity index (χ3n) is 6.14. The standard InChI is InChI=1S/C25H30O4Si/c1-24(2,3)30(4,5)29-23-17-16-21(27-23)22-18-26-25(28-22,19-12-8-6-9-13-19)20-14-10-7-11-15-20/h6-17,22H,18H2,1-5H3/t22-/m0/s1. The molecule has 3 aromatic rings. The Labute approximate surface area is 179 Å². The summed E-state index contributed by atoms with van der Waals surface area (Å²) < 4.78 is 25.3. The highest BCUT2D eigenvalue weighted by molar-refractivity contribution is 6.74. The van der Waals surface area contributed by atoms with E-state index in [9.17, 15) is 0 Å². The van der Waals surface area contributed by atoms with Gasteiger partial charge in [-0.05, 0) is 24.2 Å². The largest absolute Gasteiger partial charge is 0.519 e. The van der Waals surface area contributed by atoms with Crippen molar-refractivity contribution in [1.82, 2.24) is 0 Å². The molecular weight excluding hydrogens is 392 g/mol. The molecule has 4 nitrogen and oxygen atoms in total. The Balaban J connectivity index is 1.61. The maximum Gasteiger partial charge on any atom is 0.270 e. The summed E-state index contributed by atoms with van der Waals surface area (Å²) in [6.45, 7) is 11.5. The fourth-order valence-electron chi connectivity index (χ4n) is 3.35. The molecule has 30 heavy (non-hydrogen) atoms. The Morgan fingerprint density at radius 1 is 0.867 bits per heavy atom. The smallest absolute Gasteiger partial charge is 0.270 e. The minimum Gasteiger partial charge on any atom is -0.519 e. The molecule has 5 heteroatoms. The molecule has 0 amide bonds. The maximum atomic E-state index is 6.56. The van der Waals surface area contributed by atoms with E-state index in [1.807, 2.05) is 72.8 Å². The number of rotatable bonds is 5. The van der Waals surface area contributed by atoms with Gasteiger partial charge >= 0.3 is 0 Å². The van der Waals surface area contributed by atoms with E-state index in [2.05, 4.69) is 33.9 Å². The minimum atomic E-state index is -1.97. The lowest BCUT2D eigenvalue weighted by Crippen LogP contribution is -2.43. The Kier molecular flexibility index (Phi) is 5.39. The summed E-state index contributed by atoms with van der Waals surface area (Å²) in [5, 5.41) is 0.0999. The van der Waals surface area contributed by atoms with Crippen LogP contribution < -0.4 is 4.43 Å². The highest BCUT2D eigenvalue weighted by Gasteiger charge is 2.46. The van der Waals surface area contributed by atoms with Crippen molar-refractivity contribution in [3.63, 3.8) is 0 Å². The second kappa shape index (κ2) is 7.73. The van der Waals surface area contributed by atoms with Crippen molar-refractivity contribution < 1.29 is 18.3 Å². The van der Waals surface area contributed by atoms with Gasteiger partial charge in [-0.15, -0.1) is 0 Å². The quantitative estimate of drug-likeness (QED) is 0.432. The molecule has 0 spiro atoms. The molecule has 0 radical (unpaired) electrons. The molecule has 0 saturated carbocycles. The van der Waals surface area contributed by atoms with E-state index in [0.717, 1.165) is 16.9 Å². The molecule has 4 rings (SSSR count). The zero-order valence-electron chi connectivity index (χ0n) is 18.3. The monoisotopic (exact) mass is 422 g/mol. The average Bonchev–Trinajstić information content (AvgIpc) is 3.36. The van der Waals surface area contributed by atoms with E-state index in [-0.39, 0.29) is 11.1 Å². The zero-order chi connectivity index (χ0) is 21.4. The fourth-order valence-corrected chi connectivity index (χ4v) is 4.27. The van der Waals surface area contributed by atoms with Gasteiger partial charge in [0.15, 0.2) is 0 Å². The summed E-state index contributed by atoms with van der Waals surface area (Å²) >= 11 is 0. The van der Waals surface area contributed by atoms with Crippen LogP contribution in [0.15, 0.2) is 77.2 Å². The number of hydrogen-bond donors (Lipinski definition) is 0. The van der Waals surface area contributed by atoms with Gasteiger partial charge in [0.25, 0.3) is 14.3 Å². The van der Waals surface area contributed by atoms with E-state index in [4.69, 9.17) is 18.3 Å². The first-order chi connectivity index (χ1) is 14.2. The molecule has 1 aliphatic rings. The van der Waals surface area contributed by atoms with Crippen LogP contribution in [0.2, 0.25) is 18.1 Å². The molecule has 0 unspecified atom stereocenters. The highest BCUT2D eigenvalue weighted by Crippen LogP contribution is 2.46. The summed E-state index contributed by atoms with van der Waals surface area (Å²) in [7, 11) is -1.97. The van der Waals surface area contributed by atoms with Crippen molar-refractivity contribution in [3.05, 3.63) is 89.7 Å². The van der Waals surface area contributed by atoms with Gasteiger partial charge in [0, 0.05) is 17.2 Å². The van der Waals surface area contributed by atoms with Crippen molar-refractivity contribution in [2.24, 2.45) is 0 Å². The number of hydrogen-bond acceptors (Lipinski definition) is 4. The number of ether oxygens (including phenoxy) is 2. The van der Waals surface area contributed by atoms with Crippen molar-refractivity contribution in [2.45, 2.75) is 50.8 Å². The first kappa shape index (κ1) is 20.9. The van der Waals surface area contributed by atoms with Crippen LogP contribution >= 0.6 is 0 Å². The van der Waals surface area contributed by atoms with Crippen LogP contribution in [0.4, 0.5) is 0 Å². The van der Waals surface area contributed by atoms with Crippen LogP contribution in [-0.4, -0.2) is 14.9 Å². The zero-order valence-corrected chi connectivity index (χ0v) is 19.3. The van der Waals surface area contributed by atoms with Gasteiger partial charge < -0.3 is 18.3 Å². The Morgan fingerprint density at radius 3 is 1.97 bits per heavy atom. The van der Waals surface area contributed by atoms with E-state index in [0.29, 0.717) is 12.6 Å². The molecule has 2 heterocycles. The van der Waals surface area contributed by atoms with Crippen molar-refractivity contribution in [2.75, 3.05) is 6.61 Å². The van der Waals surface area contributed by atoms with Gasteiger partial charge in [0.1, 0.15) is 11.9 Å². The molecule has 1 aromatic heterocycles. The number of benzene rings is 2. The third kappa shape index (κ3) is 3.85. The predicted molar refractivity (Wildman–Crippen MR) is 120 cm³/mol. The van der Waals surface area contributed by atoms with Crippen molar-refractivity contribution in [1.29, 1.82) is 0 Å². The molecule has 1 fully saturated rings. The summed E-state index contributed by atoms with van der Waals surface area (Å²) in [6, 6.07) is 23.9. The number of furan rings is 1. The van der Waals surface area contributed by atoms with Gasteiger partial charge in [0.2, 0.25) is 5.79 Å². The molecule has 0 bridgehead atoms. The van der Waals surface area contributed by atoms with Crippen LogP contribution in [0.1, 0.15) is 43.8 Å². The van der Waals surface area contributed by atoms with Crippen LogP contribution in [0.5, 0.6) is 5.95 Å². The van der Waals surface area contributed by atoms with E-state index in [1.165, 1.54) is 0 Å². The van der Waals surface area contributed by atoms with E-state index in [1.54, 1.807) is 0 Å². The molecule has 1 saturated heterocycles. The molecular formula is C25H30O4Si. The van der Waals surface area contributed by atoms with Gasteiger partial charge in [-0.3, -0.25) is 0 Å². The second-order valence-corrected chi connectivity index (χ2v) is 14.0. The van der Waals surface area contributed by atoms with Crippen molar-refractivity contribution >= 4 is 8.32 Å². The molecule has 158 valence electrons. The van der Waals surface area contributed by atoms with Gasteiger partial charge in [-0.2, -0.15) is 0 Å². The fraction of sp³-hybridized carbons (Fsp3) is 0.360. The summed E-state index contributed by atoms with van der Waals surface area (Å²) in [5.41, 5.74) is 1.92. The normalized spacial score (nSPS) is 19.0. The molecule has 1 atom stereocenters. The third-order valence-corrected chi connectivity index (χ3v) is 10.5. The summed E-state index contributed by atoms with van der Waals surface area (Å²) in [5.74, 6) is 0.315. The molecule has 1 aliphatic heterocycles.